The molecule has 7 nitrogen and oxygen atoms in total. The van der Waals surface area contributed by atoms with Gasteiger partial charge in [0.15, 0.2) is 0 Å². The lowest BCUT2D eigenvalue weighted by atomic mass is 10.1. The highest BCUT2D eigenvalue weighted by Gasteiger charge is 2.15. The van der Waals surface area contributed by atoms with E-state index in [1.807, 2.05) is 6.07 Å². The van der Waals surface area contributed by atoms with Crippen molar-refractivity contribution in [1.29, 1.82) is 0 Å². The third-order valence-electron chi connectivity index (χ3n) is 4.21. The van der Waals surface area contributed by atoms with Crippen LogP contribution >= 0.6 is 15.9 Å². The average Bonchev–Trinajstić information content (AvgIpc) is 2.73. The van der Waals surface area contributed by atoms with Gasteiger partial charge in [-0.1, -0.05) is 36.4 Å². The predicted molar refractivity (Wildman–Crippen MR) is 119 cm³/mol. The molecule has 0 spiro atoms. The number of carbonyl (C=O) groups excluding carboxylic acids is 3. The van der Waals surface area contributed by atoms with Crippen LogP contribution in [0.25, 0.3) is 0 Å². The number of urea groups is 1. The molecule has 0 heterocycles. The standard InChI is InChI=1S/C22H19BrN4O3/c23-18-7-3-1-5-16(18)21(29)27-19-8-4-2-6-17(19)20(28)25-13-14-9-11-15(12-10-14)26-22(24)30/h1-12H,13H2,(H,25,28)(H,27,29)(H3,24,26,30). The number of rotatable bonds is 6. The minimum absolute atomic E-state index is 0.280. The van der Waals surface area contributed by atoms with Crippen molar-refractivity contribution in [2.45, 2.75) is 6.54 Å². The second-order valence-electron chi connectivity index (χ2n) is 6.35. The smallest absolute Gasteiger partial charge is 0.316 e. The topological polar surface area (TPSA) is 113 Å². The molecule has 0 atom stereocenters. The van der Waals surface area contributed by atoms with Gasteiger partial charge in [0, 0.05) is 16.7 Å². The number of nitrogens with two attached hydrogens (primary N) is 1. The number of carbonyl (C=O) groups is 3. The maximum absolute atomic E-state index is 12.7. The lowest BCUT2D eigenvalue weighted by Crippen LogP contribution is -2.25. The van der Waals surface area contributed by atoms with Crippen molar-refractivity contribution < 1.29 is 14.4 Å². The SMILES string of the molecule is NC(=O)Nc1ccc(CNC(=O)c2ccccc2NC(=O)c2ccccc2Br)cc1. The minimum atomic E-state index is -0.641. The Morgan fingerprint density at radius 3 is 2.07 bits per heavy atom. The third kappa shape index (κ3) is 5.45. The number of benzene rings is 3. The summed E-state index contributed by atoms with van der Waals surface area (Å²) in [4.78, 5) is 36.1. The van der Waals surface area contributed by atoms with E-state index in [0.717, 1.165) is 5.56 Å². The summed E-state index contributed by atoms with van der Waals surface area (Å²) in [5, 5.41) is 8.09. The Labute approximate surface area is 181 Å². The summed E-state index contributed by atoms with van der Waals surface area (Å²) in [5.74, 6) is -0.641. The molecule has 0 aliphatic rings. The summed E-state index contributed by atoms with van der Waals surface area (Å²) >= 11 is 3.36. The van der Waals surface area contributed by atoms with E-state index >= 15 is 0 Å². The molecule has 5 N–H and O–H groups in total. The Balaban J connectivity index is 1.67. The van der Waals surface area contributed by atoms with E-state index in [1.165, 1.54) is 0 Å². The molecule has 30 heavy (non-hydrogen) atoms. The zero-order valence-corrected chi connectivity index (χ0v) is 17.4. The molecule has 0 aliphatic heterocycles. The van der Waals surface area contributed by atoms with Gasteiger partial charge in [0.1, 0.15) is 0 Å². The van der Waals surface area contributed by atoms with Crippen molar-refractivity contribution in [3.63, 3.8) is 0 Å². The second-order valence-corrected chi connectivity index (χ2v) is 7.20. The Morgan fingerprint density at radius 1 is 0.767 bits per heavy atom. The highest BCUT2D eigenvalue weighted by molar-refractivity contribution is 9.10. The molecule has 0 unspecified atom stereocenters. The molecule has 0 saturated carbocycles. The van der Waals surface area contributed by atoms with Crippen LogP contribution in [0.15, 0.2) is 77.3 Å². The molecule has 0 saturated heterocycles. The summed E-state index contributed by atoms with van der Waals surface area (Å²) in [7, 11) is 0. The molecule has 8 heteroatoms. The van der Waals surface area contributed by atoms with Crippen LogP contribution in [0.3, 0.4) is 0 Å². The molecule has 0 aliphatic carbocycles. The Bertz CT molecular complexity index is 1080. The average molecular weight is 467 g/mol. The van der Waals surface area contributed by atoms with Gasteiger partial charge in [-0.2, -0.15) is 0 Å². The van der Waals surface area contributed by atoms with Gasteiger partial charge >= 0.3 is 6.03 Å². The van der Waals surface area contributed by atoms with Gasteiger partial charge in [-0.15, -0.1) is 0 Å². The number of hydrogen-bond acceptors (Lipinski definition) is 3. The van der Waals surface area contributed by atoms with Crippen LogP contribution in [0, 0.1) is 0 Å². The largest absolute Gasteiger partial charge is 0.351 e. The predicted octanol–water partition coefficient (Wildman–Crippen LogP) is 4.12. The fraction of sp³-hybridized carbons (Fsp3) is 0.0455. The van der Waals surface area contributed by atoms with E-state index in [-0.39, 0.29) is 18.4 Å². The first kappa shape index (κ1) is 21.1. The molecule has 0 aromatic heterocycles. The molecule has 0 bridgehead atoms. The van der Waals surface area contributed by atoms with Crippen LogP contribution < -0.4 is 21.7 Å². The molecular weight excluding hydrogens is 448 g/mol. The maximum atomic E-state index is 12.7. The summed E-state index contributed by atoms with van der Waals surface area (Å²) in [6.45, 7) is 0.280. The minimum Gasteiger partial charge on any atom is -0.351 e. The first-order valence-electron chi connectivity index (χ1n) is 9.02. The Morgan fingerprint density at radius 2 is 1.40 bits per heavy atom. The van der Waals surface area contributed by atoms with Crippen LogP contribution in [0.5, 0.6) is 0 Å². The zero-order valence-electron chi connectivity index (χ0n) is 15.8. The fourth-order valence-corrected chi connectivity index (χ4v) is 3.22. The van der Waals surface area contributed by atoms with E-state index in [4.69, 9.17) is 5.73 Å². The molecule has 152 valence electrons. The molecule has 3 aromatic carbocycles. The van der Waals surface area contributed by atoms with E-state index in [0.29, 0.717) is 27.0 Å². The van der Waals surface area contributed by atoms with Crippen LogP contribution in [-0.2, 0) is 6.54 Å². The highest BCUT2D eigenvalue weighted by atomic mass is 79.9. The van der Waals surface area contributed by atoms with Crippen molar-refractivity contribution in [1.82, 2.24) is 5.32 Å². The molecular formula is C22H19BrN4O3. The summed E-state index contributed by atoms with van der Waals surface area (Å²) in [6.07, 6.45) is 0. The normalized spacial score (nSPS) is 10.2. The molecule has 0 fully saturated rings. The van der Waals surface area contributed by atoms with E-state index in [1.54, 1.807) is 66.7 Å². The monoisotopic (exact) mass is 466 g/mol. The van der Waals surface area contributed by atoms with Crippen molar-refractivity contribution in [3.8, 4) is 0 Å². The van der Waals surface area contributed by atoms with Crippen LogP contribution in [-0.4, -0.2) is 17.8 Å². The Kier molecular flexibility index (Phi) is 6.82. The molecule has 4 amide bonds. The van der Waals surface area contributed by atoms with E-state index in [9.17, 15) is 14.4 Å². The third-order valence-corrected chi connectivity index (χ3v) is 4.90. The molecule has 3 rings (SSSR count). The van der Waals surface area contributed by atoms with Crippen molar-refractivity contribution >= 4 is 45.2 Å². The van der Waals surface area contributed by atoms with E-state index < -0.39 is 6.03 Å². The summed E-state index contributed by atoms with van der Waals surface area (Å²) in [5.41, 5.74) is 7.72. The van der Waals surface area contributed by atoms with Gasteiger partial charge in [-0.25, -0.2) is 4.79 Å². The molecule has 0 radical (unpaired) electrons. The number of para-hydroxylation sites is 1. The Hall–Kier alpha value is -3.65. The lowest BCUT2D eigenvalue weighted by molar-refractivity contribution is 0.0951. The van der Waals surface area contributed by atoms with Crippen molar-refractivity contribution in [3.05, 3.63) is 94.0 Å². The molecule has 3 aromatic rings. The van der Waals surface area contributed by atoms with Gasteiger partial charge in [-0.05, 0) is 57.9 Å². The lowest BCUT2D eigenvalue weighted by Gasteiger charge is -2.12. The number of anilines is 2. The van der Waals surface area contributed by atoms with Gasteiger partial charge in [0.05, 0.1) is 16.8 Å². The van der Waals surface area contributed by atoms with Gasteiger partial charge in [0.25, 0.3) is 11.8 Å². The second kappa shape index (κ2) is 9.71. The maximum Gasteiger partial charge on any atom is 0.316 e. The van der Waals surface area contributed by atoms with Crippen molar-refractivity contribution in [2.75, 3.05) is 10.6 Å². The number of amides is 4. The fourth-order valence-electron chi connectivity index (χ4n) is 2.75. The first-order valence-corrected chi connectivity index (χ1v) is 9.82. The first-order chi connectivity index (χ1) is 14.4. The summed E-state index contributed by atoms with van der Waals surface area (Å²) < 4.78 is 0.665. The van der Waals surface area contributed by atoms with Gasteiger partial charge < -0.3 is 21.7 Å². The van der Waals surface area contributed by atoms with Crippen LogP contribution in [0.2, 0.25) is 0 Å². The van der Waals surface area contributed by atoms with Gasteiger partial charge in [0.2, 0.25) is 0 Å². The summed E-state index contributed by atoms with van der Waals surface area (Å²) in [6, 6.07) is 20.1. The van der Waals surface area contributed by atoms with Crippen molar-refractivity contribution in [2.24, 2.45) is 5.73 Å². The van der Waals surface area contributed by atoms with Gasteiger partial charge in [-0.3, -0.25) is 9.59 Å². The zero-order chi connectivity index (χ0) is 21.5. The number of nitrogens with one attached hydrogen (secondary N) is 3. The quantitative estimate of drug-likeness (QED) is 0.437. The number of hydrogen-bond donors (Lipinski definition) is 4. The van der Waals surface area contributed by atoms with Crippen LogP contribution in [0.1, 0.15) is 26.3 Å². The highest BCUT2D eigenvalue weighted by Crippen LogP contribution is 2.20. The van der Waals surface area contributed by atoms with E-state index in [2.05, 4.69) is 31.9 Å². The van der Waals surface area contributed by atoms with Crippen LogP contribution in [0.4, 0.5) is 16.2 Å². The number of halogens is 1. The number of primary amides is 1.